The Morgan fingerprint density at radius 2 is 1.81 bits per heavy atom. The van der Waals surface area contributed by atoms with Crippen LogP contribution in [-0.2, 0) is 4.79 Å². The molecule has 0 aliphatic rings. The van der Waals surface area contributed by atoms with Crippen LogP contribution in [0.5, 0.6) is 5.75 Å². The minimum Gasteiger partial charge on any atom is -0.497 e. The normalized spacial score (nSPS) is 11.8. The fraction of sp³-hybridized carbons (Fsp3) is 0.235. The first-order chi connectivity index (χ1) is 10.0. The van der Waals surface area contributed by atoms with Crippen LogP contribution in [0.25, 0.3) is 0 Å². The van der Waals surface area contributed by atoms with Crippen LogP contribution in [0, 0.1) is 13.8 Å². The number of ether oxygens (including phenoxy) is 1. The molecule has 0 heterocycles. The third-order valence-electron chi connectivity index (χ3n) is 3.38. The Labute approximate surface area is 124 Å². The molecule has 0 aromatic heterocycles. The number of aryl methyl sites for hydroxylation is 2. The summed E-state index contributed by atoms with van der Waals surface area (Å²) in [6.45, 7) is 3.91. The number of anilines is 1. The summed E-state index contributed by atoms with van der Waals surface area (Å²) in [5.74, 6) is -0.170. The average molecular weight is 285 g/mol. The number of carbonyl (C=O) groups is 1. The molecule has 2 aromatic rings. The van der Waals surface area contributed by atoms with Crippen molar-refractivity contribution in [3.63, 3.8) is 0 Å². The van der Waals surface area contributed by atoms with Gasteiger partial charge in [0.1, 0.15) is 5.75 Å². The number of nitrogens with one attached hydrogen (secondary N) is 1. The van der Waals surface area contributed by atoms with Crippen molar-refractivity contribution in [3.8, 4) is 5.75 Å². The molecule has 110 valence electrons. The summed E-state index contributed by atoms with van der Waals surface area (Å²) in [6.07, 6.45) is 0. The van der Waals surface area contributed by atoms with Crippen molar-refractivity contribution in [3.05, 3.63) is 59.2 Å². The second-order valence-electron chi connectivity index (χ2n) is 5.00. The smallest absolute Gasteiger partial charge is 0.330 e. The molecular formula is C17H19NO3. The maximum absolute atomic E-state index is 11.6. The minimum atomic E-state index is -0.905. The molecule has 0 aliphatic carbocycles. The molecule has 0 radical (unpaired) electrons. The predicted octanol–water partition coefficient (Wildman–Crippen LogP) is 3.55. The number of hydrogen-bond acceptors (Lipinski definition) is 3. The van der Waals surface area contributed by atoms with E-state index in [0.29, 0.717) is 0 Å². The third-order valence-corrected chi connectivity index (χ3v) is 3.38. The van der Waals surface area contributed by atoms with E-state index in [4.69, 9.17) is 4.74 Å². The van der Waals surface area contributed by atoms with Crippen LogP contribution >= 0.6 is 0 Å². The van der Waals surface area contributed by atoms with Gasteiger partial charge in [-0.05, 0) is 49.2 Å². The number of aliphatic carboxylic acids is 1. The first kappa shape index (κ1) is 14.9. The van der Waals surface area contributed by atoms with Crippen molar-refractivity contribution < 1.29 is 14.6 Å². The molecule has 2 N–H and O–H groups in total. The summed E-state index contributed by atoms with van der Waals surface area (Å²) in [4.78, 5) is 11.6. The Kier molecular flexibility index (Phi) is 4.48. The standard InChI is InChI=1S/C17H19NO3/c1-11-4-9-15(12(2)10-11)16(17(19)20)18-13-5-7-14(21-3)8-6-13/h4-10,16,18H,1-3H3,(H,19,20). The van der Waals surface area contributed by atoms with E-state index < -0.39 is 12.0 Å². The molecule has 0 spiro atoms. The van der Waals surface area contributed by atoms with E-state index in [-0.39, 0.29) is 0 Å². The SMILES string of the molecule is COc1ccc(NC(C(=O)O)c2ccc(C)cc2C)cc1. The molecule has 2 aromatic carbocycles. The Morgan fingerprint density at radius 3 is 2.33 bits per heavy atom. The van der Waals surface area contributed by atoms with Gasteiger partial charge < -0.3 is 15.2 Å². The number of carboxylic acids is 1. The van der Waals surface area contributed by atoms with E-state index in [1.807, 2.05) is 32.0 Å². The quantitative estimate of drug-likeness (QED) is 0.882. The summed E-state index contributed by atoms with van der Waals surface area (Å²) >= 11 is 0. The molecule has 0 fully saturated rings. The van der Waals surface area contributed by atoms with Gasteiger partial charge in [0.15, 0.2) is 6.04 Å². The maximum Gasteiger partial charge on any atom is 0.330 e. The van der Waals surface area contributed by atoms with E-state index in [2.05, 4.69) is 5.32 Å². The molecule has 21 heavy (non-hydrogen) atoms. The summed E-state index contributed by atoms with van der Waals surface area (Å²) in [5, 5.41) is 12.5. The molecule has 0 saturated carbocycles. The second kappa shape index (κ2) is 6.31. The lowest BCUT2D eigenvalue weighted by Gasteiger charge is -2.18. The van der Waals surface area contributed by atoms with E-state index >= 15 is 0 Å². The lowest BCUT2D eigenvalue weighted by Crippen LogP contribution is -2.21. The van der Waals surface area contributed by atoms with Crippen LogP contribution in [0.3, 0.4) is 0 Å². The van der Waals surface area contributed by atoms with Crippen molar-refractivity contribution in [1.82, 2.24) is 0 Å². The second-order valence-corrected chi connectivity index (χ2v) is 5.00. The van der Waals surface area contributed by atoms with E-state index in [9.17, 15) is 9.90 Å². The average Bonchev–Trinajstić information content (AvgIpc) is 2.46. The van der Waals surface area contributed by atoms with Crippen LogP contribution in [0.2, 0.25) is 0 Å². The van der Waals surface area contributed by atoms with Crippen molar-refractivity contribution in [2.75, 3.05) is 12.4 Å². The zero-order chi connectivity index (χ0) is 15.4. The van der Waals surface area contributed by atoms with Gasteiger partial charge in [0.2, 0.25) is 0 Å². The van der Waals surface area contributed by atoms with Gasteiger partial charge in [0.05, 0.1) is 7.11 Å². The van der Waals surface area contributed by atoms with Crippen molar-refractivity contribution in [1.29, 1.82) is 0 Å². The van der Waals surface area contributed by atoms with E-state index in [0.717, 1.165) is 28.1 Å². The van der Waals surface area contributed by atoms with Crippen molar-refractivity contribution in [2.45, 2.75) is 19.9 Å². The van der Waals surface area contributed by atoms with Gasteiger partial charge in [-0.2, -0.15) is 0 Å². The van der Waals surface area contributed by atoms with Crippen LogP contribution in [0.4, 0.5) is 5.69 Å². The molecule has 0 saturated heterocycles. The molecule has 2 rings (SSSR count). The Hall–Kier alpha value is -2.49. The highest BCUT2D eigenvalue weighted by molar-refractivity contribution is 5.80. The van der Waals surface area contributed by atoms with Crippen LogP contribution in [-0.4, -0.2) is 18.2 Å². The van der Waals surface area contributed by atoms with Gasteiger partial charge in [0.25, 0.3) is 0 Å². The zero-order valence-electron chi connectivity index (χ0n) is 12.4. The molecule has 0 bridgehead atoms. The Bertz CT molecular complexity index is 635. The van der Waals surface area contributed by atoms with Crippen LogP contribution < -0.4 is 10.1 Å². The molecular weight excluding hydrogens is 266 g/mol. The fourth-order valence-corrected chi connectivity index (χ4v) is 2.28. The van der Waals surface area contributed by atoms with Gasteiger partial charge in [-0.1, -0.05) is 23.8 Å². The maximum atomic E-state index is 11.6. The number of rotatable bonds is 5. The molecule has 4 heteroatoms. The summed E-state index contributed by atoms with van der Waals surface area (Å²) in [6, 6.07) is 12.2. The van der Waals surface area contributed by atoms with Gasteiger partial charge in [-0.3, -0.25) is 0 Å². The largest absolute Gasteiger partial charge is 0.497 e. The Balaban J connectivity index is 2.28. The number of benzene rings is 2. The van der Waals surface area contributed by atoms with Crippen LogP contribution in [0.1, 0.15) is 22.7 Å². The Morgan fingerprint density at radius 1 is 1.14 bits per heavy atom. The predicted molar refractivity (Wildman–Crippen MR) is 82.9 cm³/mol. The molecule has 1 atom stereocenters. The minimum absolute atomic E-state index is 0.735. The summed E-state index contributed by atoms with van der Waals surface area (Å²) in [5.41, 5.74) is 3.58. The number of methoxy groups -OCH3 is 1. The highest BCUT2D eigenvalue weighted by Gasteiger charge is 2.21. The van der Waals surface area contributed by atoms with E-state index in [1.54, 1.807) is 31.4 Å². The fourth-order valence-electron chi connectivity index (χ4n) is 2.28. The first-order valence-corrected chi connectivity index (χ1v) is 6.72. The lowest BCUT2D eigenvalue weighted by atomic mass is 9.99. The highest BCUT2D eigenvalue weighted by Crippen LogP contribution is 2.25. The monoisotopic (exact) mass is 285 g/mol. The van der Waals surface area contributed by atoms with E-state index in [1.165, 1.54) is 0 Å². The first-order valence-electron chi connectivity index (χ1n) is 6.72. The number of hydrogen-bond donors (Lipinski definition) is 2. The van der Waals surface area contributed by atoms with Gasteiger partial charge in [-0.15, -0.1) is 0 Å². The molecule has 4 nitrogen and oxygen atoms in total. The van der Waals surface area contributed by atoms with Crippen LogP contribution in [0.15, 0.2) is 42.5 Å². The molecule has 0 aliphatic heterocycles. The molecule has 1 unspecified atom stereocenters. The summed E-state index contributed by atoms with van der Waals surface area (Å²) < 4.78 is 5.09. The topological polar surface area (TPSA) is 58.6 Å². The number of carboxylic acid groups (broad SMARTS) is 1. The van der Waals surface area contributed by atoms with Gasteiger partial charge in [0, 0.05) is 5.69 Å². The highest BCUT2D eigenvalue weighted by atomic mass is 16.5. The summed E-state index contributed by atoms with van der Waals surface area (Å²) in [7, 11) is 1.60. The van der Waals surface area contributed by atoms with Gasteiger partial charge >= 0.3 is 5.97 Å². The van der Waals surface area contributed by atoms with Crippen molar-refractivity contribution in [2.24, 2.45) is 0 Å². The van der Waals surface area contributed by atoms with Gasteiger partial charge in [-0.25, -0.2) is 4.79 Å². The van der Waals surface area contributed by atoms with Crippen molar-refractivity contribution >= 4 is 11.7 Å². The molecule has 0 amide bonds. The third kappa shape index (κ3) is 3.54. The lowest BCUT2D eigenvalue weighted by molar-refractivity contribution is -0.138. The zero-order valence-corrected chi connectivity index (χ0v) is 12.4.